The number of terminal acetylenes is 1. The van der Waals surface area contributed by atoms with Gasteiger partial charge in [-0.2, -0.15) is 4.99 Å². The van der Waals surface area contributed by atoms with Crippen molar-refractivity contribution in [2.75, 3.05) is 4.72 Å². The van der Waals surface area contributed by atoms with Gasteiger partial charge < -0.3 is 4.57 Å². The number of aryl methyl sites for hydroxylation is 2. The number of thiazole rings is 1. The fraction of sp³-hybridized carbons (Fsp3) is 0.120. The summed E-state index contributed by atoms with van der Waals surface area (Å²) in [6.07, 6.45) is 5.53. The summed E-state index contributed by atoms with van der Waals surface area (Å²) in [5, 5.41) is 0. The third-order valence-corrected chi connectivity index (χ3v) is 7.42. The molecule has 0 radical (unpaired) electrons. The lowest BCUT2D eigenvalue weighted by molar-refractivity contribution is 0.0998. The van der Waals surface area contributed by atoms with Gasteiger partial charge in [0.05, 0.1) is 21.7 Å². The van der Waals surface area contributed by atoms with E-state index in [-0.39, 0.29) is 22.7 Å². The van der Waals surface area contributed by atoms with E-state index in [2.05, 4.69) is 15.6 Å². The van der Waals surface area contributed by atoms with E-state index in [0.29, 0.717) is 4.80 Å². The van der Waals surface area contributed by atoms with Crippen LogP contribution in [0, 0.1) is 26.2 Å². The van der Waals surface area contributed by atoms with Crippen molar-refractivity contribution in [2.45, 2.75) is 25.3 Å². The molecule has 1 heterocycles. The molecule has 0 aliphatic carbocycles. The normalized spacial score (nSPS) is 12.0. The molecule has 0 saturated heterocycles. The Labute approximate surface area is 196 Å². The summed E-state index contributed by atoms with van der Waals surface area (Å²) in [4.78, 5) is 17.9. The van der Waals surface area contributed by atoms with E-state index in [4.69, 9.17) is 6.42 Å². The van der Waals surface area contributed by atoms with Crippen LogP contribution >= 0.6 is 11.3 Å². The van der Waals surface area contributed by atoms with E-state index >= 15 is 0 Å². The molecule has 1 aromatic heterocycles. The Morgan fingerprint density at radius 2 is 1.79 bits per heavy atom. The first-order valence-corrected chi connectivity index (χ1v) is 12.4. The van der Waals surface area contributed by atoms with Crippen LogP contribution in [0.5, 0.6) is 0 Å². The van der Waals surface area contributed by atoms with Gasteiger partial charge in [0, 0.05) is 11.3 Å². The number of hydrogen-bond acceptors (Lipinski definition) is 4. The minimum atomic E-state index is -3.78. The molecule has 1 N–H and O–H groups in total. The first kappa shape index (κ1) is 22.5. The molecule has 0 fully saturated rings. The van der Waals surface area contributed by atoms with Gasteiger partial charge in [-0.25, -0.2) is 8.42 Å². The average Bonchev–Trinajstić information content (AvgIpc) is 3.10. The fourth-order valence-corrected chi connectivity index (χ4v) is 5.48. The van der Waals surface area contributed by atoms with Crippen molar-refractivity contribution in [3.63, 3.8) is 0 Å². The smallest absolute Gasteiger partial charge is 0.279 e. The van der Waals surface area contributed by atoms with Crippen LogP contribution in [0.15, 0.2) is 76.6 Å². The Balaban J connectivity index is 1.67. The molecule has 0 spiro atoms. The van der Waals surface area contributed by atoms with Crippen molar-refractivity contribution in [2.24, 2.45) is 4.99 Å². The lowest BCUT2D eigenvalue weighted by atomic mass is 10.2. The molecule has 8 heteroatoms. The van der Waals surface area contributed by atoms with Crippen LogP contribution in [0.2, 0.25) is 0 Å². The van der Waals surface area contributed by atoms with Gasteiger partial charge in [-0.3, -0.25) is 9.52 Å². The SMILES string of the molecule is C#CCn1c(=NC(=O)c2cccc(NS(=O)(=O)c3ccc(C)cc3)c2)sc2cc(C)ccc21. The third kappa shape index (κ3) is 4.90. The van der Waals surface area contributed by atoms with Crippen LogP contribution in [-0.4, -0.2) is 18.9 Å². The van der Waals surface area contributed by atoms with E-state index in [1.165, 1.54) is 29.5 Å². The van der Waals surface area contributed by atoms with Crippen LogP contribution in [-0.2, 0) is 16.6 Å². The standard InChI is InChI=1S/C25H21N3O3S2/c1-4-14-28-22-13-10-18(3)15-23(22)32-25(28)26-24(29)19-6-5-7-20(16-19)27-33(30,31)21-11-8-17(2)9-12-21/h1,5-13,15-16,27H,14H2,2-3H3. The minimum Gasteiger partial charge on any atom is -0.305 e. The Bertz CT molecular complexity index is 1570. The molecule has 0 aliphatic heterocycles. The number of rotatable bonds is 5. The van der Waals surface area contributed by atoms with Crippen LogP contribution < -0.4 is 9.52 Å². The Kier molecular flexibility index (Phi) is 6.18. The van der Waals surface area contributed by atoms with E-state index in [0.717, 1.165) is 21.3 Å². The number of carbonyl (C=O) groups excluding carboxylic acids is 1. The maximum atomic E-state index is 12.9. The number of aromatic nitrogens is 1. The highest BCUT2D eigenvalue weighted by atomic mass is 32.2. The summed E-state index contributed by atoms with van der Waals surface area (Å²) in [5.74, 6) is 2.12. The Morgan fingerprint density at radius 1 is 1.06 bits per heavy atom. The predicted molar refractivity (Wildman–Crippen MR) is 132 cm³/mol. The highest BCUT2D eigenvalue weighted by Gasteiger charge is 2.15. The highest BCUT2D eigenvalue weighted by Crippen LogP contribution is 2.20. The van der Waals surface area contributed by atoms with Gasteiger partial charge in [0.15, 0.2) is 4.80 Å². The zero-order valence-corrected chi connectivity index (χ0v) is 19.7. The predicted octanol–water partition coefficient (Wildman–Crippen LogP) is 4.49. The third-order valence-electron chi connectivity index (χ3n) is 4.98. The lowest BCUT2D eigenvalue weighted by Gasteiger charge is -2.09. The first-order chi connectivity index (χ1) is 15.8. The lowest BCUT2D eigenvalue weighted by Crippen LogP contribution is -2.17. The molecular weight excluding hydrogens is 454 g/mol. The second-order valence-electron chi connectivity index (χ2n) is 7.56. The van der Waals surface area contributed by atoms with Crippen molar-refractivity contribution in [1.29, 1.82) is 0 Å². The van der Waals surface area contributed by atoms with E-state index < -0.39 is 15.9 Å². The molecule has 0 aliphatic rings. The number of carbonyl (C=O) groups is 1. The van der Waals surface area contributed by atoms with Gasteiger partial charge in [-0.15, -0.1) is 6.42 Å². The molecule has 0 atom stereocenters. The molecule has 3 aromatic carbocycles. The number of sulfonamides is 1. The number of benzene rings is 3. The zero-order valence-electron chi connectivity index (χ0n) is 18.1. The Morgan fingerprint density at radius 3 is 2.52 bits per heavy atom. The number of fused-ring (bicyclic) bond motifs is 1. The van der Waals surface area contributed by atoms with Crippen molar-refractivity contribution in [1.82, 2.24) is 4.57 Å². The molecule has 0 bridgehead atoms. The summed E-state index contributed by atoms with van der Waals surface area (Å²) in [6.45, 7) is 4.16. The topological polar surface area (TPSA) is 80.5 Å². The molecule has 166 valence electrons. The molecule has 4 aromatic rings. The molecule has 0 saturated carbocycles. The van der Waals surface area contributed by atoms with Crippen molar-refractivity contribution in [3.05, 3.63) is 88.2 Å². The molecule has 4 rings (SSSR count). The second-order valence-corrected chi connectivity index (χ2v) is 10.3. The molecule has 6 nitrogen and oxygen atoms in total. The van der Waals surface area contributed by atoms with Crippen molar-refractivity contribution < 1.29 is 13.2 Å². The van der Waals surface area contributed by atoms with Gasteiger partial charge in [-0.05, 0) is 61.9 Å². The minimum absolute atomic E-state index is 0.144. The Hall–Kier alpha value is -3.67. The number of anilines is 1. The van der Waals surface area contributed by atoms with E-state index in [1.54, 1.807) is 30.3 Å². The average molecular weight is 476 g/mol. The first-order valence-electron chi connectivity index (χ1n) is 10.1. The summed E-state index contributed by atoms with van der Waals surface area (Å²) >= 11 is 1.38. The molecule has 0 unspecified atom stereocenters. The summed E-state index contributed by atoms with van der Waals surface area (Å²) in [6, 6.07) is 18.8. The monoisotopic (exact) mass is 475 g/mol. The van der Waals surface area contributed by atoms with Crippen LogP contribution in [0.4, 0.5) is 5.69 Å². The molecule has 1 amide bonds. The van der Waals surface area contributed by atoms with Crippen LogP contribution in [0.25, 0.3) is 10.2 Å². The highest BCUT2D eigenvalue weighted by molar-refractivity contribution is 7.92. The molecular formula is C25H21N3O3S2. The summed E-state index contributed by atoms with van der Waals surface area (Å²) in [5.41, 5.74) is 3.51. The maximum absolute atomic E-state index is 12.9. The summed E-state index contributed by atoms with van der Waals surface area (Å²) in [7, 11) is -3.78. The van der Waals surface area contributed by atoms with Crippen molar-refractivity contribution >= 4 is 43.2 Å². The van der Waals surface area contributed by atoms with Gasteiger partial charge in [-0.1, -0.05) is 47.1 Å². The van der Waals surface area contributed by atoms with Gasteiger partial charge in [0.2, 0.25) is 0 Å². The summed E-state index contributed by atoms with van der Waals surface area (Å²) < 4.78 is 30.7. The van der Waals surface area contributed by atoms with E-state index in [1.807, 2.05) is 36.6 Å². The fourth-order valence-electron chi connectivity index (χ4n) is 3.31. The quantitative estimate of drug-likeness (QED) is 0.432. The van der Waals surface area contributed by atoms with Crippen LogP contribution in [0.1, 0.15) is 21.5 Å². The number of amides is 1. The number of nitrogens with zero attached hydrogens (tertiary/aromatic N) is 2. The largest absolute Gasteiger partial charge is 0.305 e. The van der Waals surface area contributed by atoms with E-state index in [9.17, 15) is 13.2 Å². The maximum Gasteiger partial charge on any atom is 0.279 e. The second kappa shape index (κ2) is 9.06. The van der Waals surface area contributed by atoms with Gasteiger partial charge >= 0.3 is 0 Å². The van der Waals surface area contributed by atoms with Gasteiger partial charge in [0.25, 0.3) is 15.9 Å². The van der Waals surface area contributed by atoms with Crippen molar-refractivity contribution in [3.8, 4) is 12.3 Å². The molecule has 33 heavy (non-hydrogen) atoms. The zero-order chi connectivity index (χ0) is 23.6. The number of hydrogen-bond donors (Lipinski definition) is 1. The van der Waals surface area contributed by atoms with Crippen LogP contribution in [0.3, 0.4) is 0 Å². The number of nitrogens with one attached hydrogen (secondary N) is 1. The van der Waals surface area contributed by atoms with Gasteiger partial charge in [0.1, 0.15) is 0 Å².